The van der Waals surface area contributed by atoms with Crippen LogP contribution in [0.25, 0.3) is 32.5 Å². The molecule has 0 unspecified atom stereocenters. The van der Waals surface area contributed by atoms with Crippen molar-refractivity contribution < 1.29 is 4.74 Å². The number of H-pyrrole nitrogens is 1. The molecule has 2 aliphatic heterocycles. The first-order valence-corrected chi connectivity index (χ1v) is 12.2. The number of anilines is 1. The average Bonchev–Trinajstić information content (AvgIpc) is 3.28. The van der Waals surface area contributed by atoms with Gasteiger partial charge in [0.05, 0.1) is 10.9 Å². The molecule has 2 fully saturated rings. The first-order chi connectivity index (χ1) is 15.6. The van der Waals surface area contributed by atoms with Gasteiger partial charge in [0.15, 0.2) is 5.82 Å². The topological polar surface area (TPSA) is 71.1 Å². The van der Waals surface area contributed by atoms with Gasteiger partial charge in [-0.1, -0.05) is 0 Å². The van der Waals surface area contributed by atoms with Gasteiger partial charge in [0.2, 0.25) is 0 Å². The van der Waals surface area contributed by atoms with E-state index in [1.54, 1.807) is 11.3 Å². The Hall–Kier alpha value is -2.77. The van der Waals surface area contributed by atoms with Crippen molar-refractivity contribution in [3.05, 3.63) is 51.8 Å². The van der Waals surface area contributed by atoms with Crippen LogP contribution >= 0.6 is 11.3 Å². The van der Waals surface area contributed by atoms with Gasteiger partial charge in [-0.2, -0.15) is 0 Å². The number of fused-ring (bicyclic) bond motifs is 2. The Labute approximate surface area is 190 Å². The zero-order valence-corrected chi connectivity index (χ0v) is 19.0. The Morgan fingerprint density at radius 1 is 1.12 bits per heavy atom. The number of rotatable bonds is 2. The van der Waals surface area contributed by atoms with E-state index in [9.17, 15) is 4.79 Å². The van der Waals surface area contributed by atoms with Gasteiger partial charge in [-0.05, 0) is 73.2 Å². The molecule has 5 heterocycles. The maximum atomic E-state index is 13.1. The van der Waals surface area contributed by atoms with E-state index in [0.29, 0.717) is 22.3 Å². The molecule has 32 heavy (non-hydrogen) atoms. The molecule has 0 amide bonds. The number of piperidine rings is 1. The van der Waals surface area contributed by atoms with Crippen molar-refractivity contribution in [3.63, 3.8) is 0 Å². The number of pyridine rings is 1. The molecule has 4 aromatic rings. The van der Waals surface area contributed by atoms with E-state index in [2.05, 4.69) is 20.9 Å². The predicted octanol–water partition coefficient (Wildman–Crippen LogP) is 4.91. The summed E-state index contributed by atoms with van der Waals surface area (Å²) in [5.74, 6) is 0.521. The van der Waals surface area contributed by atoms with Crippen molar-refractivity contribution in [1.82, 2.24) is 15.0 Å². The van der Waals surface area contributed by atoms with Crippen molar-refractivity contribution in [1.29, 1.82) is 0 Å². The molecule has 7 heteroatoms. The van der Waals surface area contributed by atoms with Crippen LogP contribution in [0.5, 0.6) is 0 Å². The molecular weight excluding hydrogens is 420 g/mol. The lowest BCUT2D eigenvalue weighted by molar-refractivity contribution is 0.00212. The second-order valence-electron chi connectivity index (χ2n) is 9.20. The fourth-order valence-corrected chi connectivity index (χ4v) is 6.03. The van der Waals surface area contributed by atoms with Gasteiger partial charge in [-0.3, -0.25) is 9.78 Å². The molecule has 164 valence electrons. The van der Waals surface area contributed by atoms with Gasteiger partial charge in [0.25, 0.3) is 5.56 Å². The minimum absolute atomic E-state index is 0.110. The van der Waals surface area contributed by atoms with Crippen LogP contribution in [0, 0.1) is 12.3 Å². The molecule has 1 spiro atoms. The van der Waals surface area contributed by atoms with Gasteiger partial charge in [-0.15, -0.1) is 11.3 Å². The van der Waals surface area contributed by atoms with Crippen LogP contribution in [0.3, 0.4) is 0 Å². The summed E-state index contributed by atoms with van der Waals surface area (Å²) in [4.78, 5) is 27.8. The minimum Gasteiger partial charge on any atom is -0.381 e. The monoisotopic (exact) mass is 446 g/mol. The maximum Gasteiger partial charge on any atom is 0.259 e. The first-order valence-electron chi connectivity index (χ1n) is 11.3. The highest BCUT2D eigenvalue weighted by atomic mass is 32.1. The van der Waals surface area contributed by atoms with Gasteiger partial charge >= 0.3 is 0 Å². The molecule has 3 aromatic heterocycles. The van der Waals surface area contributed by atoms with Gasteiger partial charge in [0, 0.05) is 48.3 Å². The number of benzene rings is 1. The van der Waals surface area contributed by atoms with Crippen LogP contribution in [0.2, 0.25) is 0 Å². The molecule has 2 saturated heterocycles. The number of aromatic nitrogens is 3. The van der Waals surface area contributed by atoms with Gasteiger partial charge < -0.3 is 14.6 Å². The third kappa shape index (κ3) is 3.40. The summed E-state index contributed by atoms with van der Waals surface area (Å²) in [6.45, 7) is 5.89. The summed E-state index contributed by atoms with van der Waals surface area (Å²) in [7, 11) is 0. The van der Waals surface area contributed by atoms with Crippen LogP contribution < -0.4 is 10.5 Å². The molecule has 0 radical (unpaired) electrons. The number of ether oxygens (including phenoxy) is 1. The lowest BCUT2D eigenvalue weighted by atomic mass is 9.72. The van der Waals surface area contributed by atoms with E-state index in [1.165, 1.54) is 25.7 Å². The summed E-state index contributed by atoms with van der Waals surface area (Å²) in [5, 5.41) is 3.79. The zero-order valence-electron chi connectivity index (χ0n) is 18.2. The third-order valence-electron chi connectivity index (χ3n) is 7.31. The summed E-state index contributed by atoms with van der Waals surface area (Å²) in [5.41, 5.74) is 3.92. The summed E-state index contributed by atoms with van der Waals surface area (Å²) in [6.07, 6.45) is 6.57. The van der Waals surface area contributed by atoms with Crippen molar-refractivity contribution in [2.24, 2.45) is 5.41 Å². The molecule has 6 nitrogen and oxygen atoms in total. The molecule has 0 bridgehead atoms. The van der Waals surface area contributed by atoms with Crippen LogP contribution in [-0.4, -0.2) is 41.3 Å². The fourth-order valence-electron chi connectivity index (χ4n) is 5.23. The quantitative estimate of drug-likeness (QED) is 0.474. The van der Waals surface area contributed by atoms with Crippen molar-refractivity contribution in [2.75, 3.05) is 31.2 Å². The highest BCUT2D eigenvalue weighted by Crippen LogP contribution is 2.41. The molecular formula is C25H26N4O2S. The number of aryl methyl sites for hydroxylation is 1. The SMILES string of the molecule is Cc1cc(N2CCC3(CCOCC3)CC2)cc2c(=O)[nH]c(-c3cc4sccc4cn3)nc12. The lowest BCUT2D eigenvalue weighted by Crippen LogP contribution is -2.43. The molecule has 0 aliphatic carbocycles. The molecule has 0 atom stereocenters. The van der Waals surface area contributed by atoms with Crippen molar-refractivity contribution >= 4 is 38.0 Å². The third-order valence-corrected chi connectivity index (χ3v) is 8.19. The van der Waals surface area contributed by atoms with Crippen LogP contribution in [0.1, 0.15) is 31.2 Å². The zero-order chi connectivity index (χ0) is 21.7. The largest absolute Gasteiger partial charge is 0.381 e. The lowest BCUT2D eigenvalue weighted by Gasteiger charge is -2.45. The normalized spacial score (nSPS) is 18.6. The predicted molar refractivity (Wildman–Crippen MR) is 130 cm³/mol. The Kier molecular flexibility index (Phi) is 4.77. The van der Waals surface area contributed by atoms with Crippen molar-refractivity contribution in [3.8, 4) is 11.5 Å². The molecule has 2 aliphatic rings. The molecule has 1 N–H and O–H groups in total. The summed E-state index contributed by atoms with van der Waals surface area (Å²) < 4.78 is 6.72. The highest BCUT2D eigenvalue weighted by Gasteiger charge is 2.36. The Bertz CT molecular complexity index is 1360. The van der Waals surface area contributed by atoms with E-state index >= 15 is 0 Å². The fraction of sp³-hybridized carbons (Fsp3) is 0.400. The second kappa shape index (κ2) is 7.67. The molecule has 1 aromatic carbocycles. The Balaban J connectivity index is 1.33. The number of thiophene rings is 1. The number of nitrogens with zero attached hydrogens (tertiary/aromatic N) is 3. The van der Waals surface area contributed by atoms with Crippen molar-refractivity contribution in [2.45, 2.75) is 32.6 Å². The summed E-state index contributed by atoms with van der Waals surface area (Å²) >= 11 is 1.66. The smallest absolute Gasteiger partial charge is 0.259 e. The maximum absolute atomic E-state index is 13.1. The van der Waals surface area contributed by atoms with Crippen LogP contribution in [-0.2, 0) is 4.74 Å². The van der Waals surface area contributed by atoms with E-state index in [0.717, 1.165) is 53.2 Å². The first kappa shape index (κ1) is 19.9. The number of nitrogens with one attached hydrogen (secondary N) is 1. The van der Waals surface area contributed by atoms with Gasteiger partial charge in [-0.25, -0.2) is 4.98 Å². The molecule has 0 saturated carbocycles. The number of hydrogen-bond acceptors (Lipinski definition) is 6. The van der Waals surface area contributed by atoms with E-state index in [1.807, 2.05) is 36.7 Å². The Morgan fingerprint density at radius 3 is 2.75 bits per heavy atom. The van der Waals surface area contributed by atoms with Gasteiger partial charge in [0.1, 0.15) is 5.69 Å². The average molecular weight is 447 g/mol. The van der Waals surface area contributed by atoms with E-state index in [-0.39, 0.29) is 5.56 Å². The van der Waals surface area contributed by atoms with E-state index in [4.69, 9.17) is 9.72 Å². The van der Waals surface area contributed by atoms with E-state index < -0.39 is 0 Å². The number of aromatic amines is 1. The number of hydrogen-bond donors (Lipinski definition) is 1. The minimum atomic E-state index is -0.110. The standard InChI is InChI=1S/C25H26N4O2S/c1-16-12-18(29-7-3-25(4-8-29)5-9-31-10-6-25)13-19-22(16)27-23(28-24(19)30)20-14-21-17(15-26-20)2-11-32-21/h2,11-15H,3-10H2,1H3,(H,27,28,30). The molecule has 6 rings (SSSR count). The Morgan fingerprint density at radius 2 is 1.94 bits per heavy atom. The summed E-state index contributed by atoms with van der Waals surface area (Å²) in [6, 6.07) is 8.23. The van der Waals surface area contributed by atoms with Crippen LogP contribution in [0.15, 0.2) is 40.6 Å². The highest BCUT2D eigenvalue weighted by molar-refractivity contribution is 7.17. The second-order valence-corrected chi connectivity index (χ2v) is 10.1. The van der Waals surface area contributed by atoms with Crippen LogP contribution in [0.4, 0.5) is 5.69 Å².